The van der Waals surface area contributed by atoms with Crippen LogP contribution in [0.5, 0.6) is 0 Å². The molecule has 4 nitrogen and oxygen atoms in total. The van der Waals surface area contributed by atoms with Crippen molar-refractivity contribution in [1.82, 2.24) is 0 Å². The topological polar surface area (TPSA) is 47.9 Å². The number of rotatable bonds is 4. The van der Waals surface area contributed by atoms with E-state index in [4.69, 9.17) is 14.5 Å². The van der Waals surface area contributed by atoms with Gasteiger partial charge in [0.2, 0.25) is 0 Å². The molecule has 1 fully saturated rings. The Labute approximate surface area is 105 Å². The summed E-state index contributed by atoms with van der Waals surface area (Å²) in [5.74, 6) is -1.79. The van der Waals surface area contributed by atoms with E-state index < -0.39 is 18.1 Å². The number of halogens is 1. The van der Waals surface area contributed by atoms with Crippen molar-refractivity contribution in [3.8, 4) is 0 Å². The van der Waals surface area contributed by atoms with E-state index in [9.17, 15) is 9.50 Å². The van der Waals surface area contributed by atoms with Gasteiger partial charge in [0.05, 0.1) is 6.61 Å². The third kappa shape index (κ3) is 3.05. The first-order valence-corrected chi connectivity index (χ1v) is 5.83. The molecule has 18 heavy (non-hydrogen) atoms. The van der Waals surface area contributed by atoms with E-state index in [1.54, 1.807) is 0 Å². The summed E-state index contributed by atoms with van der Waals surface area (Å²) in [6, 6.07) is 7.74. The molecule has 1 N–H and O–H groups in total. The largest absolute Gasteiger partial charge is 0.363 e. The summed E-state index contributed by atoms with van der Waals surface area (Å²) in [5.41, 5.74) is 2.09. The zero-order chi connectivity index (χ0) is 13.2. The Morgan fingerprint density at radius 1 is 1.44 bits per heavy atom. The maximum Gasteiger partial charge on any atom is 0.197 e. The van der Waals surface area contributed by atoms with Gasteiger partial charge in [0.25, 0.3) is 0 Å². The maximum atomic E-state index is 13.6. The molecule has 1 saturated heterocycles. The van der Waals surface area contributed by atoms with Crippen LogP contribution in [0, 0.1) is 6.92 Å². The number of ether oxygens (including phenoxy) is 1. The lowest BCUT2D eigenvalue weighted by Gasteiger charge is -2.19. The van der Waals surface area contributed by atoms with Crippen LogP contribution in [0.3, 0.4) is 0 Å². The van der Waals surface area contributed by atoms with Crippen molar-refractivity contribution in [3.05, 3.63) is 35.4 Å². The van der Waals surface area contributed by atoms with Crippen LogP contribution in [-0.4, -0.2) is 29.8 Å². The van der Waals surface area contributed by atoms with E-state index in [0.717, 1.165) is 11.1 Å². The molecule has 1 aliphatic heterocycles. The molecule has 0 bridgehead atoms. The van der Waals surface area contributed by atoms with Gasteiger partial charge in [-0.15, -0.1) is 0 Å². The predicted octanol–water partition coefficient (Wildman–Crippen LogP) is 1.89. The van der Waals surface area contributed by atoms with Crippen molar-refractivity contribution in [1.29, 1.82) is 0 Å². The molecule has 0 saturated carbocycles. The Morgan fingerprint density at radius 2 is 2.11 bits per heavy atom. The van der Waals surface area contributed by atoms with Crippen molar-refractivity contribution in [2.24, 2.45) is 0 Å². The summed E-state index contributed by atoms with van der Waals surface area (Å²) in [6.07, 6.45) is -2.51. The normalized spacial score (nSPS) is 31.8. The smallest absolute Gasteiger partial charge is 0.197 e. The van der Waals surface area contributed by atoms with Crippen LogP contribution >= 0.6 is 0 Å². The van der Waals surface area contributed by atoms with Crippen molar-refractivity contribution in [3.63, 3.8) is 0 Å². The van der Waals surface area contributed by atoms with Gasteiger partial charge in [0.15, 0.2) is 18.1 Å². The van der Waals surface area contributed by atoms with Gasteiger partial charge in [-0.2, -0.15) is 0 Å². The molecule has 1 aromatic carbocycles. The molecule has 3 atom stereocenters. The molecule has 0 spiro atoms. The summed E-state index contributed by atoms with van der Waals surface area (Å²) < 4.78 is 18.4. The van der Waals surface area contributed by atoms with Gasteiger partial charge in [-0.3, -0.25) is 0 Å². The van der Waals surface area contributed by atoms with Crippen molar-refractivity contribution < 1.29 is 24.0 Å². The van der Waals surface area contributed by atoms with Crippen LogP contribution in [0.1, 0.15) is 18.1 Å². The van der Waals surface area contributed by atoms with Crippen LogP contribution in [0.2, 0.25) is 0 Å². The molecule has 0 aromatic heterocycles. The molecule has 0 amide bonds. The summed E-state index contributed by atoms with van der Waals surface area (Å²) in [5, 5.41) is 9.45. The van der Waals surface area contributed by atoms with Gasteiger partial charge in [0, 0.05) is 0 Å². The molecule has 1 aromatic rings. The van der Waals surface area contributed by atoms with Crippen LogP contribution in [0.4, 0.5) is 4.39 Å². The summed E-state index contributed by atoms with van der Waals surface area (Å²) in [7, 11) is 0. The highest BCUT2D eigenvalue weighted by Crippen LogP contribution is 2.28. The van der Waals surface area contributed by atoms with E-state index in [0.29, 0.717) is 0 Å². The zero-order valence-electron chi connectivity index (χ0n) is 10.4. The third-order valence-corrected chi connectivity index (χ3v) is 2.92. The Morgan fingerprint density at radius 3 is 2.67 bits per heavy atom. The summed E-state index contributed by atoms with van der Waals surface area (Å²) in [4.78, 5) is 9.90. The van der Waals surface area contributed by atoms with Gasteiger partial charge >= 0.3 is 0 Å². The predicted molar refractivity (Wildman–Crippen MR) is 62.3 cm³/mol. The number of aryl methyl sites for hydroxylation is 1. The fourth-order valence-corrected chi connectivity index (χ4v) is 1.71. The lowest BCUT2D eigenvalue weighted by Crippen LogP contribution is -2.37. The standard InChI is InChI=1S/C13H17FO4/c1-9-3-5-10(6-4-9)7-17-18-11-8-16-13(2,15)12(11)14/h3-6,11-12,15H,7-8H2,1-2H3/t11-,12+,13?/m1/s1. The highest BCUT2D eigenvalue weighted by Gasteiger charge is 2.47. The monoisotopic (exact) mass is 256 g/mol. The summed E-state index contributed by atoms with van der Waals surface area (Å²) >= 11 is 0. The number of aliphatic hydroxyl groups is 1. The average molecular weight is 256 g/mol. The van der Waals surface area contributed by atoms with E-state index in [1.165, 1.54) is 6.92 Å². The van der Waals surface area contributed by atoms with Gasteiger partial charge in [-0.25, -0.2) is 14.2 Å². The minimum absolute atomic E-state index is 0.0257. The number of benzene rings is 1. The van der Waals surface area contributed by atoms with Crippen LogP contribution in [-0.2, 0) is 21.1 Å². The molecule has 100 valence electrons. The first-order valence-electron chi connectivity index (χ1n) is 5.83. The molecule has 0 radical (unpaired) electrons. The molecule has 5 heteroatoms. The minimum atomic E-state index is -1.79. The molecule has 0 aliphatic carbocycles. The van der Waals surface area contributed by atoms with Crippen molar-refractivity contribution in [2.45, 2.75) is 38.5 Å². The Balaban J connectivity index is 1.78. The SMILES string of the molecule is Cc1ccc(COO[C@@H]2COC(C)(O)[C@H]2F)cc1. The fraction of sp³-hybridized carbons (Fsp3) is 0.538. The second-order valence-electron chi connectivity index (χ2n) is 4.65. The number of alkyl halides is 1. The molecular formula is C13H17FO4. The first kappa shape index (κ1) is 13.4. The second-order valence-corrected chi connectivity index (χ2v) is 4.65. The number of hydrogen-bond acceptors (Lipinski definition) is 4. The Kier molecular flexibility index (Phi) is 3.97. The highest BCUT2D eigenvalue weighted by atomic mass is 19.1. The maximum absolute atomic E-state index is 13.6. The second kappa shape index (κ2) is 5.32. The molecule has 2 rings (SSSR count). The highest BCUT2D eigenvalue weighted by molar-refractivity contribution is 5.20. The lowest BCUT2D eigenvalue weighted by molar-refractivity contribution is -0.339. The van der Waals surface area contributed by atoms with Crippen LogP contribution < -0.4 is 0 Å². The van der Waals surface area contributed by atoms with Crippen molar-refractivity contribution in [2.75, 3.05) is 6.61 Å². The molecule has 1 heterocycles. The van der Waals surface area contributed by atoms with E-state index in [2.05, 4.69) is 0 Å². The Bertz CT molecular complexity index is 390. The quantitative estimate of drug-likeness (QED) is 0.660. The molecular weight excluding hydrogens is 239 g/mol. The number of hydrogen-bond donors (Lipinski definition) is 1. The van der Waals surface area contributed by atoms with Gasteiger partial charge in [-0.1, -0.05) is 29.8 Å². The van der Waals surface area contributed by atoms with E-state index >= 15 is 0 Å². The van der Waals surface area contributed by atoms with E-state index in [-0.39, 0.29) is 13.2 Å². The van der Waals surface area contributed by atoms with Gasteiger partial charge in [0.1, 0.15) is 6.61 Å². The van der Waals surface area contributed by atoms with Crippen LogP contribution in [0.25, 0.3) is 0 Å². The zero-order valence-corrected chi connectivity index (χ0v) is 10.4. The first-order chi connectivity index (χ1) is 8.49. The lowest BCUT2D eigenvalue weighted by atomic mass is 10.1. The minimum Gasteiger partial charge on any atom is -0.363 e. The van der Waals surface area contributed by atoms with Crippen LogP contribution in [0.15, 0.2) is 24.3 Å². The van der Waals surface area contributed by atoms with Crippen molar-refractivity contribution >= 4 is 0 Å². The molecule has 1 unspecified atom stereocenters. The van der Waals surface area contributed by atoms with E-state index in [1.807, 2.05) is 31.2 Å². The van der Waals surface area contributed by atoms with Gasteiger partial charge in [-0.05, 0) is 19.4 Å². The molecule has 1 aliphatic rings. The third-order valence-electron chi connectivity index (χ3n) is 2.92. The average Bonchev–Trinajstić information content (AvgIpc) is 2.59. The van der Waals surface area contributed by atoms with Gasteiger partial charge < -0.3 is 9.84 Å². The fourth-order valence-electron chi connectivity index (χ4n) is 1.71. The Hall–Kier alpha value is -1.01. The summed E-state index contributed by atoms with van der Waals surface area (Å²) in [6.45, 7) is 3.46.